The molecule has 1 unspecified atom stereocenters. The van der Waals surface area contributed by atoms with Crippen LogP contribution in [0.3, 0.4) is 0 Å². The fourth-order valence-corrected chi connectivity index (χ4v) is 4.69. The summed E-state index contributed by atoms with van der Waals surface area (Å²) in [6, 6.07) is 27.5. The maximum absolute atomic E-state index is 13.1. The number of carbonyl (C=O) groups is 1. The minimum absolute atomic E-state index is 0.274. The zero-order valence-corrected chi connectivity index (χ0v) is 25.4. The van der Waals surface area contributed by atoms with E-state index in [2.05, 4.69) is 0 Å². The summed E-state index contributed by atoms with van der Waals surface area (Å²) in [6.07, 6.45) is -0.280. The molecule has 0 aliphatic heterocycles. The number of rotatable bonds is 19. The monoisotopic (exact) mass is 578 g/mol. The number of ether oxygens (including phenoxy) is 5. The Morgan fingerprint density at radius 1 is 0.810 bits per heavy atom. The van der Waals surface area contributed by atoms with Crippen LogP contribution in [0.2, 0.25) is 0 Å². The number of methoxy groups -OCH3 is 1. The second-order valence-electron chi connectivity index (χ2n) is 10.9. The van der Waals surface area contributed by atoms with Gasteiger partial charge in [0, 0.05) is 13.2 Å². The fourth-order valence-electron chi connectivity index (χ4n) is 4.69. The van der Waals surface area contributed by atoms with Crippen molar-refractivity contribution in [1.82, 2.24) is 0 Å². The molecule has 3 rings (SSSR count). The van der Waals surface area contributed by atoms with Gasteiger partial charge in [-0.1, -0.05) is 72.8 Å². The van der Waals surface area contributed by atoms with Gasteiger partial charge in [0.2, 0.25) is 0 Å². The van der Waals surface area contributed by atoms with Crippen LogP contribution in [0, 0.1) is 5.41 Å². The molecule has 0 amide bonds. The lowest BCUT2D eigenvalue weighted by Crippen LogP contribution is -2.37. The second kappa shape index (κ2) is 17.7. The minimum atomic E-state index is -0.989. The molecule has 0 aliphatic rings. The lowest BCUT2D eigenvalue weighted by Gasteiger charge is -2.36. The van der Waals surface area contributed by atoms with Crippen LogP contribution in [0.5, 0.6) is 5.75 Å². The van der Waals surface area contributed by atoms with Crippen LogP contribution in [-0.2, 0) is 37.0 Å². The van der Waals surface area contributed by atoms with Crippen LogP contribution in [0.15, 0.2) is 84.9 Å². The average molecular weight is 579 g/mol. The molecule has 0 spiro atoms. The van der Waals surface area contributed by atoms with Crippen molar-refractivity contribution in [2.24, 2.45) is 5.41 Å². The third-order valence-corrected chi connectivity index (χ3v) is 7.14. The van der Waals surface area contributed by atoms with Crippen LogP contribution in [0.1, 0.15) is 62.8 Å². The molecule has 0 saturated heterocycles. The zero-order chi connectivity index (χ0) is 30.2. The predicted octanol–water partition coefficient (Wildman–Crippen LogP) is 6.68. The first-order valence-corrected chi connectivity index (χ1v) is 14.7. The Morgan fingerprint density at radius 3 is 1.88 bits per heavy atom. The third-order valence-electron chi connectivity index (χ3n) is 7.14. The van der Waals surface area contributed by atoms with Crippen molar-refractivity contribution >= 4 is 5.97 Å². The van der Waals surface area contributed by atoms with E-state index < -0.39 is 17.6 Å². The number of esters is 1. The van der Waals surface area contributed by atoms with Crippen molar-refractivity contribution in [2.45, 2.75) is 71.6 Å². The van der Waals surface area contributed by atoms with E-state index in [0.29, 0.717) is 51.4 Å². The Labute approximate surface area is 250 Å². The number of aliphatic hydroxyl groups is 1. The summed E-state index contributed by atoms with van der Waals surface area (Å²) in [4.78, 5) is 13.1. The molecule has 0 aromatic heterocycles. The van der Waals surface area contributed by atoms with Crippen molar-refractivity contribution in [2.75, 3.05) is 26.9 Å². The van der Waals surface area contributed by atoms with Gasteiger partial charge in [0.15, 0.2) is 0 Å². The Kier molecular flexibility index (Phi) is 14.0. The highest BCUT2D eigenvalue weighted by Crippen LogP contribution is 2.40. The van der Waals surface area contributed by atoms with Gasteiger partial charge in [0.25, 0.3) is 0 Å². The highest BCUT2D eigenvalue weighted by molar-refractivity contribution is 5.77. The van der Waals surface area contributed by atoms with Crippen molar-refractivity contribution in [3.8, 4) is 5.75 Å². The molecule has 1 N–H and O–H groups in total. The van der Waals surface area contributed by atoms with Crippen LogP contribution >= 0.6 is 0 Å². The average Bonchev–Trinajstić information content (AvgIpc) is 3.01. The Balaban J connectivity index is 1.71. The van der Waals surface area contributed by atoms with Gasteiger partial charge in [-0.25, -0.2) is 0 Å². The quantitative estimate of drug-likeness (QED) is 0.126. The van der Waals surface area contributed by atoms with Gasteiger partial charge >= 0.3 is 5.97 Å². The SMILES string of the molecule is CCOC(=O)C(C)(C)C(O[C@H](CCOCc1ccccc1)C[C@@H](O)CCOCc1ccccc1)c1ccc(OC)cc1. The van der Waals surface area contributed by atoms with E-state index in [0.717, 1.165) is 16.7 Å². The maximum atomic E-state index is 13.1. The van der Waals surface area contributed by atoms with Crippen LogP contribution in [0.4, 0.5) is 0 Å². The molecular weight excluding hydrogens is 532 g/mol. The van der Waals surface area contributed by atoms with E-state index in [1.807, 2.05) is 98.8 Å². The highest BCUT2D eigenvalue weighted by Gasteiger charge is 2.41. The van der Waals surface area contributed by atoms with Gasteiger partial charge in [0.1, 0.15) is 5.75 Å². The molecule has 0 saturated carbocycles. The summed E-state index contributed by atoms with van der Waals surface area (Å²) in [7, 11) is 1.61. The number of hydrogen-bond donors (Lipinski definition) is 1. The second-order valence-corrected chi connectivity index (χ2v) is 10.9. The van der Waals surface area contributed by atoms with E-state index >= 15 is 0 Å². The molecule has 0 heterocycles. The fraction of sp³-hybridized carbons (Fsp3) is 0.457. The Bertz CT molecular complexity index is 1150. The highest BCUT2D eigenvalue weighted by atomic mass is 16.5. The number of benzene rings is 3. The first-order valence-electron chi connectivity index (χ1n) is 14.7. The van der Waals surface area contributed by atoms with Gasteiger partial charge in [-0.15, -0.1) is 0 Å². The first kappa shape index (κ1) is 33.3. The van der Waals surface area contributed by atoms with Gasteiger partial charge in [0.05, 0.1) is 50.7 Å². The molecule has 0 aliphatic carbocycles. The maximum Gasteiger partial charge on any atom is 0.314 e. The topological polar surface area (TPSA) is 83.5 Å². The van der Waals surface area contributed by atoms with Crippen molar-refractivity contribution in [3.05, 3.63) is 102 Å². The van der Waals surface area contributed by atoms with Crippen LogP contribution < -0.4 is 4.74 Å². The largest absolute Gasteiger partial charge is 0.497 e. The lowest BCUT2D eigenvalue weighted by atomic mass is 9.82. The summed E-state index contributed by atoms with van der Waals surface area (Å²) >= 11 is 0. The molecule has 3 aromatic carbocycles. The normalized spacial score (nSPS) is 13.7. The van der Waals surface area contributed by atoms with Crippen molar-refractivity contribution < 1.29 is 33.6 Å². The van der Waals surface area contributed by atoms with Gasteiger partial charge in [-0.3, -0.25) is 4.79 Å². The standard InChI is InChI=1S/C35H46O7/c1-5-41-34(37)35(2,3)33(29-16-18-31(38-4)19-17-29)42-32(21-23-40-26-28-14-10-7-11-15-28)24-30(36)20-22-39-25-27-12-8-6-9-13-27/h6-19,30,32-33,36H,5,20-26H2,1-4H3/t30-,32+,33?/m0/s1. The molecule has 42 heavy (non-hydrogen) atoms. The minimum Gasteiger partial charge on any atom is -0.497 e. The smallest absolute Gasteiger partial charge is 0.314 e. The van der Waals surface area contributed by atoms with Crippen LogP contribution in [-0.4, -0.2) is 50.2 Å². The van der Waals surface area contributed by atoms with E-state index in [4.69, 9.17) is 23.7 Å². The predicted molar refractivity (Wildman–Crippen MR) is 163 cm³/mol. The van der Waals surface area contributed by atoms with Crippen molar-refractivity contribution in [1.29, 1.82) is 0 Å². The lowest BCUT2D eigenvalue weighted by molar-refractivity contribution is -0.169. The van der Waals surface area contributed by atoms with Gasteiger partial charge < -0.3 is 28.8 Å². The first-order chi connectivity index (χ1) is 20.3. The third kappa shape index (κ3) is 10.9. The summed E-state index contributed by atoms with van der Waals surface area (Å²) in [5.74, 6) is 0.364. The van der Waals surface area contributed by atoms with Gasteiger partial charge in [-0.05, 0) is 68.9 Å². The van der Waals surface area contributed by atoms with E-state index in [-0.39, 0.29) is 18.7 Å². The Morgan fingerprint density at radius 2 is 1.36 bits per heavy atom. The molecule has 0 bridgehead atoms. The molecule has 228 valence electrons. The van der Waals surface area contributed by atoms with E-state index in [1.54, 1.807) is 14.0 Å². The summed E-state index contributed by atoms with van der Waals surface area (Å²) in [5.41, 5.74) is 2.01. The number of hydrogen-bond acceptors (Lipinski definition) is 7. The van der Waals surface area contributed by atoms with E-state index in [9.17, 15) is 9.90 Å². The summed E-state index contributed by atoms with van der Waals surface area (Å²) in [5, 5.41) is 11.0. The van der Waals surface area contributed by atoms with Gasteiger partial charge in [-0.2, -0.15) is 0 Å². The summed E-state index contributed by atoms with van der Waals surface area (Å²) < 4.78 is 29.3. The molecule has 3 atom stereocenters. The molecular formula is C35H46O7. The Hall–Kier alpha value is -3.23. The number of carbonyl (C=O) groups excluding carboxylic acids is 1. The summed E-state index contributed by atoms with van der Waals surface area (Å²) in [6.45, 7) is 7.56. The zero-order valence-electron chi connectivity index (χ0n) is 25.4. The molecule has 0 radical (unpaired) electrons. The molecule has 7 nitrogen and oxygen atoms in total. The van der Waals surface area contributed by atoms with Crippen molar-refractivity contribution in [3.63, 3.8) is 0 Å². The van der Waals surface area contributed by atoms with E-state index in [1.165, 1.54) is 0 Å². The molecule has 3 aromatic rings. The molecule has 0 fully saturated rings. The number of aliphatic hydroxyl groups excluding tert-OH is 1. The van der Waals surface area contributed by atoms with Crippen LogP contribution in [0.25, 0.3) is 0 Å². The molecule has 7 heteroatoms.